The Hall–Kier alpha value is -2.93. The summed E-state index contributed by atoms with van der Waals surface area (Å²) in [6, 6.07) is 11.5. The van der Waals surface area contributed by atoms with Gasteiger partial charge in [-0.25, -0.2) is 9.18 Å². The van der Waals surface area contributed by atoms with E-state index in [-0.39, 0.29) is 23.3 Å². The van der Waals surface area contributed by atoms with Crippen LogP contribution in [0.2, 0.25) is 0 Å². The Morgan fingerprint density at radius 3 is 2.48 bits per heavy atom. The third kappa shape index (κ3) is 3.78. The lowest BCUT2D eigenvalue weighted by molar-refractivity contribution is 0.0519. The van der Waals surface area contributed by atoms with Gasteiger partial charge in [-0.2, -0.15) is 0 Å². The molecule has 6 nitrogen and oxygen atoms in total. The van der Waals surface area contributed by atoms with Crippen LogP contribution in [0.25, 0.3) is 0 Å². The molecule has 0 aromatic heterocycles. The minimum Gasteiger partial charge on any atom is -0.333 e. The molecule has 3 heterocycles. The zero-order valence-electron chi connectivity index (χ0n) is 17.5. The van der Waals surface area contributed by atoms with Gasteiger partial charge in [-0.3, -0.25) is 4.79 Å². The van der Waals surface area contributed by atoms with Gasteiger partial charge in [0.15, 0.2) is 0 Å². The van der Waals surface area contributed by atoms with E-state index in [1.165, 1.54) is 12.1 Å². The number of nitrogens with zero attached hydrogens (tertiary/aromatic N) is 2. The fraction of sp³-hybridized carbons (Fsp3) is 0.417. The fourth-order valence-electron chi connectivity index (χ4n) is 5.23. The SMILES string of the molecule is O=C(Nc1ccc(C(=O)N2CCCC23CCNCC3)cc1)N1Cc2ccc(F)cc2C1. The summed E-state index contributed by atoms with van der Waals surface area (Å²) in [5, 5.41) is 6.28. The number of amides is 3. The van der Waals surface area contributed by atoms with E-state index < -0.39 is 0 Å². The molecule has 0 bridgehead atoms. The van der Waals surface area contributed by atoms with Crippen molar-refractivity contribution in [2.75, 3.05) is 25.0 Å². The quantitative estimate of drug-likeness (QED) is 0.775. The highest BCUT2D eigenvalue weighted by molar-refractivity contribution is 5.96. The number of likely N-dealkylation sites (tertiary alicyclic amines) is 1. The summed E-state index contributed by atoms with van der Waals surface area (Å²) >= 11 is 0. The summed E-state index contributed by atoms with van der Waals surface area (Å²) in [6.07, 6.45) is 4.16. The molecule has 3 amide bonds. The number of benzene rings is 2. The van der Waals surface area contributed by atoms with Gasteiger partial charge in [0.25, 0.3) is 5.91 Å². The van der Waals surface area contributed by atoms with Gasteiger partial charge in [0.2, 0.25) is 0 Å². The fourth-order valence-corrected chi connectivity index (χ4v) is 5.23. The van der Waals surface area contributed by atoms with Gasteiger partial charge in [-0.05, 0) is 86.3 Å². The maximum Gasteiger partial charge on any atom is 0.322 e. The third-order valence-electron chi connectivity index (χ3n) is 6.94. The molecule has 31 heavy (non-hydrogen) atoms. The number of carbonyl (C=O) groups is 2. The molecule has 2 saturated heterocycles. The van der Waals surface area contributed by atoms with Crippen LogP contribution in [0.3, 0.4) is 0 Å². The third-order valence-corrected chi connectivity index (χ3v) is 6.94. The Labute approximate surface area is 181 Å². The predicted molar refractivity (Wildman–Crippen MR) is 116 cm³/mol. The van der Waals surface area contributed by atoms with E-state index in [4.69, 9.17) is 0 Å². The molecule has 2 aromatic carbocycles. The molecule has 162 valence electrons. The molecule has 0 saturated carbocycles. The number of anilines is 1. The lowest BCUT2D eigenvalue weighted by Gasteiger charge is -2.42. The first-order valence-electron chi connectivity index (χ1n) is 11.0. The second kappa shape index (κ2) is 7.96. The van der Waals surface area contributed by atoms with E-state index in [0.717, 1.165) is 56.4 Å². The molecule has 2 fully saturated rings. The number of urea groups is 1. The smallest absolute Gasteiger partial charge is 0.322 e. The topological polar surface area (TPSA) is 64.7 Å². The molecule has 3 aliphatic rings. The number of nitrogens with one attached hydrogen (secondary N) is 2. The second-order valence-electron chi connectivity index (χ2n) is 8.81. The van der Waals surface area contributed by atoms with Gasteiger partial charge >= 0.3 is 6.03 Å². The number of carbonyl (C=O) groups excluding carboxylic acids is 2. The average molecular weight is 423 g/mol. The van der Waals surface area contributed by atoms with E-state index in [0.29, 0.717) is 24.3 Å². The van der Waals surface area contributed by atoms with Gasteiger partial charge < -0.3 is 20.4 Å². The first-order chi connectivity index (χ1) is 15.0. The summed E-state index contributed by atoms with van der Waals surface area (Å²) in [5.74, 6) is -0.208. The summed E-state index contributed by atoms with van der Waals surface area (Å²) in [4.78, 5) is 29.6. The molecule has 2 N–H and O–H groups in total. The Morgan fingerprint density at radius 2 is 1.71 bits per heavy atom. The molecule has 5 rings (SSSR count). The minimum atomic E-state index is -0.287. The van der Waals surface area contributed by atoms with E-state index in [1.54, 1.807) is 35.2 Å². The Bertz CT molecular complexity index is 1000. The minimum absolute atomic E-state index is 0.000542. The van der Waals surface area contributed by atoms with Crippen LogP contribution >= 0.6 is 0 Å². The molecular weight excluding hydrogens is 395 g/mol. The van der Waals surface area contributed by atoms with Crippen molar-refractivity contribution in [3.05, 3.63) is 65.0 Å². The van der Waals surface area contributed by atoms with Crippen LogP contribution in [0, 0.1) is 5.82 Å². The maximum absolute atomic E-state index is 13.4. The Morgan fingerprint density at radius 1 is 0.968 bits per heavy atom. The highest BCUT2D eigenvalue weighted by Crippen LogP contribution is 2.37. The summed E-state index contributed by atoms with van der Waals surface area (Å²) in [6.45, 7) is 3.59. The van der Waals surface area contributed by atoms with E-state index in [9.17, 15) is 14.0 Å². The van der Waals surface area contributed by atoms with E-state index >= 15 is 0 Å². The Balaban J connectivity index is 1.23. The van der Waals surface area contributed by atoms with Crippen LogP contribution < -0.4 is 10.6 Å². The lowest BCUT2D eigenvalue weighted by atomic mass is 9.85. The van der Waals surface area contributed by atoms with Crippen molar-refractivity contribution >= 4 is 17.6 Å². The van der Waals surface area contributed by atoms with Crippen LogP contribution in [-0.2, 0) is 13.1 Å². The maximum atomic E-state index is 13.4. The van der Waals surface area contributed by atoms with Gasteiger partial charge in [0, 0.05) is 36.4 Å². The molecule has 0 radical (unpaired) electrons. The average Bonchev–Trinajstić information content (AvgIpc) is 3.38. The highest BCUT2D eigenvalue weighted by Gasteiger charge is 2.44. The number of hydrogen-bond acceptors (Lipinski definition) is 3. The van der Waals surface area contributed by atoms with Gasteiger partial charge in [-0.15, -0.1) is 0 Å². The lowest BCUT2D eigenvalue weighted by Crippen LogP contribution is -2.53. The van der Waals surface area contributed by atoms with Crippen LogP contribution in [0.4, 0.5) is 14.9 Å². The second-order valence-corrected chi connectivity index (χ2v) is 8.81. The molecule has 0 aliphatic carbocycles. The largest absolute Gasteiger partial charge is 0.333 e. The molecule has 3 aliphatic heterocycles. The molecular formula is C24H27FN4O2. The number of hydrogen-bond donors (Lipinski definition) is 2. The van der Waals surface area contributed by atoms with Crippen molar-refractivity contribution in [2.24, 2.45) is 0 Å². The van der Waals surface area contributed by atoms with Crippen LogP contribution in [-0.4, -0.2) is 46.9 Å². The zero-order valence-corrected chi connectivity index (χ0v) is 17.5. The number of halogens is 1. The first-order valence-corrected chi connectivity index (χ1v) is 11.0. The van der Waals surface area contributed by atoms with Gasteiger partial charge in [-0.1, -0.05) is 6.07 Å². The van der Waals surface area contributed by atoms with Crippen LogP contribution in [0.15, 0.2) is 42.5 Å². The molecule has 0 unspecified atom stereocenters. The van der Waals surface area contributed by atoms with Gasteiger partial charge in [0.05, 0.1) is 0 Å². The van der Waals surface area contributed by atoms with Crippen molar-refractivity contribution in [1.82, 2.24) is 15.1 Å². The molecule has 2 aromatic rings. The highest BCUT2D eigenvalue weighted by atomic mass is 19.1. The van der Waals surface area contributed by atoms with Crippen molar-refractivity contribution in [3.8, 4) is 0 Å². The first kappa shape index (κ1) is 20.0. The monoisotopic (exact) mass is 422 g/mol. The summed E-state index contributed by atoms with van der Waals surface area (Å²) in [5.41, 5.74) is 3.10. The Kier molecular flexibility index (Phi) is 5.14. The van der Waals surface area contributed by atoms with Gasteiger partial charge in [0.1, 0.15) is 5.82 Å². The van der Waals surface area contributed by atoms with Crippen molar-refractivity contribution in [1.29, 1.82) is 0 Å². The van der Waals surface area contributed by atoms with Crippen molar-refractivity contribution < 1.29 is 14.0 Å². The number of fused-ring (bicyclic) bond motifs is 1. The normalized spacial score (nSPS) is 19.5. The van der Waals surface area contributed by atoms with Crippen molar-refractivity contribution in [3.63, 3.8) is 0 Å². The summed E-state index contributed by atoms with van der Waals surface area (Å²) < 4.78 is 13.4. The zero-order chi connectivity index (χ0) is 21.4. The molecule has 7 heteroatoms. The summed E-state index contributed by atoms with van der Waals surface area (Å²) in [7, 11) is 0. The standard InChI is InChI=1S/C24H27FN4O2/c25-20-5-2-18-15-28(16-19(18)14-20)23(31)27-21-6-3-17(4-7-21)22(30)29-13-1-8-24(29)9-11-26-12-10-24/h2-7,14,26H,1,8-13,15-16H2,(H,27,31). The molecule has 0 atom stereocenters. The predicted octanol–water partition coefficient (Wildman–Crippen LogP) is 3.73. The molecule has 1 spiro atoms. The van der Waals surface area contributed by atoms with Crippen LogP contribution in [0.1, 0.15) is 47.2 Å². The van der Waals surface area contributed by atoms with E-state index in [2.05, 4.69) is 15.5 Å². The number of piperidine rings is 1. The number of rotatable bonds is 2. The van der Waals surface area contributed by atoms with Crippen LogP contribution in [0.5, 0.6) is 0 Å². The van der Waals surface area contributed by atoms with E-state index in [1.807, 2.05) is 0 Å². The van der Waals surface area contributed by atoms with Crippen molar-refractivity contribution in [2.45, 2.75) is 44.3 Å².